The van der Waals surface area contributed by atoms with Gasteiger partial charge in [-0.2, -0.15) is 5.10 Å². The van der Waals surface area contributed by atoms with Crippen LogP contribution in [-0.2, 0) is 0 Å². The predicted octanol–water partition coefficient (Wildman–Crippen LogP) is 4.79. The summed E-state index contributed by atoms with van der Waals surface area (Å²) < 4.78 is 1.68. The summed E-state index contributed by atoms with van der Waals surface area (Å²) in [6.07, 6.45) is 0. The third-order valence-corrected chi connectivity index (χ3v) is 3.24. The van der Waals surface area contributed by atoms with E-state index in [1.165, 1.54) is 0 Å². The standard InChI is InChI=1S/C16H13N5/c1-12-15(13-8-4-2-5-9-13)16(18-20-17)21(19-12)14-10-6-3-7-11-14/h2-11H,1H3. The minimum absolute atomic E-state index is 0.507. The van der Waals surface area contributed by atoms with E-state index >= 15 is 0 Å². The molecule has 5 nitrogen and oxygen atoms in total. The Kier molecular flexibility index (Phi) is 3.41. The molecule has 1 aromatic heterocycles. The van der Waals surface area contributed by atoms with Crippen LogP contribution < -0.4 is 0 Å². The molecule has 0 aliphatic heterocycles. The normalized spacial score (nSPS) is 10.1. The third kappa shape index (κ3) is 2.38. The SMILES string of the molecule is Cc1nn(-c2ccccc2)c(N=[N+]=[N-])c1-c1ccccc1. The first kappa shape index (κ1) is 13.0. The maximum atomic E-state index is 8.89. The number of benzene rings is 2. The van der Waals surface area contributed by atoms with E-state index in [-0.39, 0.29) is 0 Å². The van der Waals surface area contributed by atoms with Gasteiger partial charge in [0.25, 0.3) is 0 Å². The number of hydrogen-bond donors (Lipinski definition) is 0. The van der Waals surface area contributed by atoms with Crippen molar-refractivity contribution >= 4 is 5.82 Å². The Morgan fingerprint density at radius 2 is 1.62 bits per heavy atom. The molecule has 5 heteroatoms. The number of rotatable bonds is 3. The Hall–Kier alpha value is -3.04. The summed E-state index contributed by atoms with van der Waals surface area (Å²) in [5, 5.41) is 8.39. The van der Waals surface area contributed by atoms with Crippen molar-refractivity contribution in [2.75, 3.05) is 0 Å². The first-order valence-electron chi connectivity index (χ1n) is 6.57. The summed E-state index contributed by atoms with van der Waals surface area (Å²) in [7, 11) is 0. The first-order valence-corrected chi connectivity index (χ1v) is 6.57. The Morgan fingerprint density at radius 3 is 2.24 bits per heavy atom. The van der Waals surface area contributed by atoms with Crippen LogP contribution in [-0.4, -0.2) is 9.78 Å². The van der Waals surface area contributed by atoms with E-state index in [2.05, 4.69) is 15.1 Å². The van der Waals surface area contributed by atoms with Gasteiger partial charge in [0.05, 0.1) is 11.4 Å². The molecule has 0 N–H and O–H groups in total. The molecule has 0 saturated heterocycles. The summed E-state index contributed by atoms with van der Waals surface area (Å²) in [6.45, 7) is 1.91. The van der Waals surface area contributed by atoms with E-state index in [4.69, 9.17) is 5.53 Å². The molecule has 0 saturated carbocycles. The number of aromatic nitrogens is 2. The van der Waals surface area contributed by atoms with E-state index in [0.717, 1.165) is 22.5 Å². The van der Waals surface area contributed by atoms with Crippen LogP contribution >= 0.6 is 0 Å². The molecule has 0 spiro atoms. The maximum Gasteiger partial charge on any atom is 0.138 e. The molecule has 0 aliphatic carbocycles. The topological polar surface area (TPSA) is 66.6 Å². The smallest absolute Gasteiger partial charge is 0.138 e. The van der Waals surface area contributed by atoms with Gasteiger partial charge in [0.2, 0.25) is 0 Å². The lowest BCUT2D eigenvalue weighted by molar-refractivity contribution is 0.861. The molecule has 0 aliphatic rings. The van der Waals surface area contributed by atoms with Gasteiger partial charge in [-0.1, -0.05) is 48.5 Å². The monoisotopic (exact) mass is 275 g/mol. The second kappa shape index (κ2) is 5.53. The largest absolute Gasteiger partial charge is 0.230 e. The Labute approximate surface area is 122 Å². The van der Waals surface area contributed by atoms with Crippen LogP contribution in [0.5, 0.6) is 0 Å². The quantitative estimate of drug-likeness (QED) is 0.385. The van der Waals surface area contributed by atoms with Crippen LogP contribution in [0.25, 0.3) is 27.3 Å². The lowest BCUT2D eigenvalue weighted by Crippen LogP contribution is -1.95. The van der Waals surface area contributed by atoms with E-state index in [0.29, 0.717) is 5.82 Å². The minimum Gasteiger partial charge on any atom is -0.230 e. The molecule has 3 aromatic rings. The number of azide groups is 1. The van der Waals surface area contributed by atoms with Crippen molar-refractivity contribution in [3.8, 4) is 16.8 Å². The highest BCUT2D eigenvalue weighted by atomic mass is 15.4. The average molecular weight is 275 g/mol. The number of nitrogens with zero attached hydrogens (tertiary/aromatic N) is 5. The fourth-order valence-electron chi connectivity index (χ4n) is 2.34. The molecular weight excluding hydrogens is 262 g/mol. The van der Waals surface area contributed by atoms with Gasteiger partial charge in [0.1, 0.15) is 5.82 Å². The van der Waals surface area contributed by atoms with E-state index in [1.54, 1.807) is 4.68 Å². The summed E-state index contributed by atoms with van der Waals surface area (Å²) in [5.74, 6) is 0.507. The Morgan fingerprint density at radius 1 is 1.00 bits per heavy atom. The molecule has 0 radical (unpaired) electrons. The van der Waals surface area contributed by atoms with Gasteiger partial charge in [0.15, 0.2) is 0 Å². The molecule has 0 amide bonds. The lowest BCUT2D eigenvalue weighted by atomic mass is 10.1. The summed E-state index contributed by atoms with van der Waals surface area (Å²) >= 11 is 0. The Bertz CT molecular complexity index is 799. The third-order valence-electron chi connectivity index (χ3n) is 3.24. The summed E-state index contributed by atoms with van der Waals surface area (Å²) in [4.78, 5) is 2.96. The van der Waals surface area contributed by atoms with Crippen molar-refractivity contribution in [3.63, 3.8) is 0 Å². The van der Waals surface area contributed by atoms with E-state index in [1.807, 2.05) is 67.6 Å². The summed E-state index contributed by atoms with van der Waals surface area (Å²) in [6, 6.07) is 19.5. The second-order valence-electron chi connectivity index (χ2n) is 4.59. The van der Waals surface area contributed by atoms with Crippen LogP contribution in [0.2, 0.25) is 0 Å². The molecule has 102 valence electrons. The molecule has 21 heavy (non-hydrogen) atoms. The maximum absolute atomic E-state index is 8.89. The van der Waals surface area contributed by atoms with Gasteiger partial charge in [-0.15, -0.1) is 0 Å². The molecule has 0 unspecified atom stereocenters. The zero-order chi connectivity index (χ0) is 14.7. The molecular formula is C16H13N5. The van der Waals surface area contributed by atoms with Crippen LogP contribution in [0.15, 0.2) is 65.8 Å². The lowest BCUT2D eigenvalue weighted by Gasteiger charge is -2.05. The average Bonchev–Trinajstić information content (AvgIpc) is 2.86. The highest BCUT2D eigenvalue weighted by molar-refractivity contribution is 5.77. The van der Waals surface area contributed by atoms with Crippen molar-refractivity contribution in [2.45, 2.75) is 6.92 Å². The van der Waals surface area contributed by atoms with Crippen molar-refractivity contribution in [3.05, 3.63) is 76.8 Å². The molecule has 0 atom stereocenters. The number of aryl methyl sites for hydroxylation is 1. The van der Waals surface area contributed by atoms with Crippen molar-refractivity contribution in [2.24, 2.45) is 5.11 Å². The van der Waals surface area contributed by atoms with Crippen molar-refractivity contribution in [1.29, 1.82) is 0 Å². The van der Waals surface area contributed by atoms with Crippen LogP contribution in [0.3, 0.4) is 0 Å². The fourth-order valence-corrected chi connectivity index (χ4v) is 2.34. The minimum atomic E-state index is 0.507. The van der Waals surface area contributed by atoms with Crippen LogP contribution in [0.1, 0.15) is 5.69 Å². The van der Waals surface area contributed by atoms with E-state index in [9.17, 15) is 0 Å². The molecule has 1 heterocycles. The number of para-hydroxylation sites is 1. The summed E-state index contributed by atoms with van der Waals surface area (Å²) in [5.41, 5.74) is 12.4. The van der Waals surface area contributed by atoms with Gasteiger partial charge in [0, 0.05) is 10.5 Å². The highest BCUT2D eigenvalue weighted by Crippen LogP contribution is 2.35. The first-order chi connectivity index (χ1) is 10.3. The second-order valence-corrected chi connectivity index (χ2v) is 4.59. The van der Waals surface area contributed by atoms with Gasteiger partial charge < -0.3 is 0 Å². The molecule has 0 bridgehead atoms. The van der Waals surface area contributed by atoms with Gasteiger partial charge in [-0.25, -0.2) is 4.68 Å². The molecule has 3 rings (SSSR count). The zero-order valence-corrected chi connectivity index (χ0v) is 11.5. The highest BCUT2D eigenvalue weighted by Gasteiger charge is 2.16. The fraction of sp³-hybridized carbons (Fsp3) is 0.0625. The van der Waals surface area contributed by atoms with E-state index < -0.39 is 0 Å². The molecule has 0 fully saturated rings. The number of hydrogen-bond acceptors (Lipinski definition) is 2. The van der Waals surface area contributed by atoms with Crippen LogP contribution in [0.4, 0.5) is 5.82 Å². The van der Waals surface area contributed by atoms with Crippen molar-refractivity contribution < 1.29 is 0 Å². The molecule has 2 aromatic carbocycles. The zero-order valence-electron chi connectivity index (χ0n) is 11.5. The van der Waals surface area contributed by atoms with Crippen molar-refractivity contribution in [1.82, 2.24) is 9.78 Å². The Balaban J connectivity index is 2.27. The predicted molar refractivity (Wildman–Crippen MR) is 82.5 cm³/mol. The van der Waals surface area contributed by atoms with Gasteiger partial charge in [-0.05, 0) is 35.3 Å². The van der Waals surface area contributed by atoms with Gasteiger partial charge >= 0.3 is 0 Å². The van der Waals surface area contributed by atoms with Gasteiger partial charge in [-0.3, -0.25) is 0 Å². The van der Waals surface area contributed by atoms with Crippen LogP contribution in [0, 0.1) is 6.92 Å².